The van der Waals surface area contributed by atoms with Gasteiger partial charge in [-0.3, -0.25) is 4.79 Å². The van der Waals surface area contributed by atoms with Crippen LogP contribution in [0.15, 0.2) is 12.7 Å². The van der Waals surface area contributed by atoms with Crippen molar-refractivity contribution < 1.29 is 23.5 Å². The lowest BCUT2D eigenvalue weighted by molar-refractivity contribution is -0.171. The molecule has 0 aliphatic heterocycles. The third kappa shape index (κ3) is 8.37. The van der Waals surface area contributed by atoms with Crippen LogP contribution in [0.2, 0.25) is 16.6 Å². The van der Waals surface area contributed by atoms with Crippen LogP contribution < -0.4 is 0 Å². The molecule has 5 nitrogen and oxygen atoms in total. The average molecular weight is 457 g/mol. The molecule has 0 N–H and O–H groups in total. The molecule has 0 unspecified atom stereocenters. The molecular formula is C25H48O5Si. The van der Waals surface area contributed by atoms with E-state index in [9.17, 15) is 9.59 Å². The van der Waals surface area contributed by atoms with Crippen molar-refractivity contribution in [3.8, 4) is 0 Å². The van der Waals surface area contributed by atoms with E-state index in [4.69, 9.17) is 13.9 Å². The topological polar surface area (TPSA) is 61.8 Å². The third-order valence-corrected chi connectivity index (χ3v) is 12.6. The van der Waals surface area contributed by atoms with Gasteiger partial charge >= 0.3 is 11.9 Å². The highest BCUT2D eigenvalue weighted by Gasteiger charge is 2.48. The van der Waals surface area contributed by atoms with E-state index in [2.05, 4.69) is 68.9 Å². The summed E-state index contributed by atoms with van der Waals surface area (Å²) in [4.78, 5) is 25.3. The van der Waals surface area contributed by atoms with Crippen LogP contribution in [0.3, 0.4) is 0 Å². The Morgan fingerprint density at radius 1 is 0.839 bits per heavy atom. The lowest BCUT2D eigenvalue weighted by Gasteiger charge is -2.46. The van der Waals surface area contributed by atoms with Crippen LogP contribution in [0.25, 0.3) is 0 Å². The molecule has 0 bridgehead atoms. The second-order valence-electron chi connectivity index (χ2n) is 10.4. The van der Waals surface area contributed by atoms with Gasteiger partial charge in [0.05, 0.1) is 12.5 Å². The monoisotopic (exact) mass is 456 g/mol. The molecule has 0 amide bonds. The first-order valence-electron chi connectivity index (χ1n) is 11.9. The van der Waals surface area contributed by atoms with Gasteiger partial charge in [-0.05, 0) is 28.5 Å². The molecule has 0 aromatic carbocycles. The summed E-state index contributed by atoms with van der Waals surface area (Å²) in [6, 6.07) is 0. The Kier molecular flexibility index (Phi) is 12.9. The van der Waals surface area contributed by atoms with Gasteiger partial charge in [-0.15, -0.1) is 0 Å². The normalized spacial score (nSPS) is 15.5. The predicted molar refractivity (Wildman–Crippen MR) is 130 cm³/mol. The minimum absolute atomic E-state index is 0.0982. The number of carbonyl (C=O) groups excluding carboxylic acids is 2. The second kappa shape index (κ2) is 13.4. The predicted octanol–water partition coefficient (Wildman–Crippen LogP) is 6.53. The largest absolute Gasteiger partial charge is 0.459 e. The number of esters is 2. The molecule has 0 radical (unpaired) electrons. The molecular weight excluding hydrogens is 408 g/mol. The number of carbonyl (C=O) groups is 2. The van der Waals surface area contributed by atoms with Gasteiger partial charge in [-0.1, -0.05) is 88.8 Å². The number of hydrogen-bond donors (Lipinski definition) is 0. The van der Waals surface area contributed by atoms with Gasteiger partial charge < -0.3 is 13.9 Å². The van der Waals surface area contributed by atoms with Crippen molar-refractivity contribution in [2.75, 3.05) is 6.61 Å². The molecule has 182 valence electrons. The van der Waals surface area contributed by atoms with Crippen molar-refractivity contribution in [2.45, 2.75) is 111 Å². The maximum absolute atomic E-state index is 13.0. The summed E-state index contributed by atoms with van der Waals surface area (Å²) in [6.07, 6.45) is 0.463. The Bertz CT molecular complexity index is 546. The van der Waals surface area contributed by atoms with Gasteiger partial charge in [0, 0.05) is 5.92 Å². The zero-order valence-corrected chi connectivity index (χ0v) is 22.9. The Labute approximate surface area is 192 Å². The lowest BCUT2D eigenvalue weighted by Crippen LogP contribution is -2.52. The van der Waals surface area contributed by atoms with Crippen molar-refractivity contribution in [1.82, 2.24) is 0 Å². The van der Waals surface area contributed by atoms with Gasteiger partial charge in [0.25, 0.3) is 0 Å². The first-order chi connectivity index (χ1) is 14.2. The highest BCUT2D eigenvalue weighted by molar-refractivity contribution is 6.77. The number of ether oxygens (including phenoxy) is 2. The molecule has 0 aromatic rings. The van der Waals surface area contributed by atoms with Crippen LogP contribution in [-0.2, 0) is 23.5 Å². The highest BCUT2D eigenvalue weighted by atomic mass is 28.4. The van der Waals surface area contributed by atoms with Crippen LogP contribution in [-0.4, -0.2) is 39.1 Å². The summed E-state index contributed by atoms with van der Waals surface area (Å²) in [5.41, 5.74) is 1.26. The van der Waals surface area contributed by atoms with Crippen molar-refractivity contribution in [2.24, 2.45) is 17.8 Å². The minimum Gasteiger partial charge on any atom is -0.459 e. The molecule has 31 heavy (non-hydrogen) atoms. The second-order valence-corrected chi connectivity index (χ2v) is 15.8. The fourth-order valence-electron chi connectivity index (χ4n) is 4.47. The maximum Gasteiger partial charge on any atom is 0.348 e. The molecule has 6 heteroatoms. The van der Waals surface area contributed by atoms with Crippen molar-refractivity contribution in [3.63, 3.8) is 0 Å². The fraction of sp³-hybridized carbons (Fsp3) is 0.840. The van der Waals surface area contributed by atoms with Crippen LogP contribution >= 0.6 is 0 Å². The molecule has 0 heterocycles. The summed E-state index contributed by atoms with van der Waals surface area (Å²) >= 11 is 0. The van der Waals surface area contributed by atoms with E-state index in [0.717, 1.165) is 0 Å². The molecule has 0 fully saturated rings. The van der Waals surface area contributed by atoms with Gasteiger partial charge in [-0.25, -0.2) is 4.79 Å². The molecule has 0 saturated heterocycles. The highest BCUT2D eigenvalue weighted by Crippen LogP contribution is 2.44. The van der Waals surface area contributed by atoms with E-state index in [-0.39, 0.29) is 31.0 Å². The third-order valence-electron chi connectivity index (χ3n) is 6.51. The van der Waals surface area contributed by atoms with Gasteiger partial charge in [0.15, 0.2) is 0 Å². The standard InChI is InChI=1S/C25H48O5Si/c1-13-14-28-25(27)24(17(4)5)29-23(26)15-22(21(12)16(2)3)30-31(18(6)7,19(8)9)20(10)11/h13,16-22,24H,1,14-15H2,2-12H3/t21-,22+,24+/m1/s1. The summed E-state index contributed by atoms with van der Waals surface area (Å²) in [6.45, 7) is 27.2. The van der Waals surface area contributed by atoms with Crippen molar-refractivity contribution in [3.05, 3.63) is 12.7 Å². The average Bonchev–Trinajstić information content (AvgIpc) is 2.65. The van der Waals surface area contributed by atoms with E-state index >= 15 is 0 Å². The van der Waals surface area contributed by atoms with E-state index in [0.29, 0.717) is 22.5 Å². The first kappa shape index (κ1) is 29.9. The Balaban J connectivity index is 5.73. The lowest BCUT2D eigenvalue weighted by atomic mass is 9.90. The van der Waals surface area contributed by atoms with Crippen molar-refractivity contribution in [1.29, 1.82) is 0 Å². The first-order valence-corrected chi connectivity index (χ1v) is 14.0. The molecule has 0 aromatic heterocycles. The Morgan fingerprint density at radius 2 is 1.32 bits per heavy atom. The number of hydrogen-bond acceptors (Lipinski definition) is 5. The van der Waals surface area contributed by atoms with E-state index in [1.165, 1.54) is 6.08 Å². The summed E-state index contributed by atoms with van der Waals surface area (Å²) in [5.74, 6) is -0.590. The van der Waals surface area contributed by atoms with Crippen molar-refractivity contribution >= 4 is 20.3 Å². The van der Waals surface area contributed by atoms with Crippen LogP contribution in [0.1, 0.15) is 82.6 Å². The Hall–Kier alpha value is -1.14. The smallest absolute Gasteiger partial charge is 0.348 e. The van der Waals surface area contributed by atoms with Crippen LogP contribution in [0.4, 0.5) is 0 Å². The van der Waals surface area contributed by atoms with E-state index < -0.39 is 26.4 Å². The zero-order chi connectivity index (χ0) is 24.5. The van der Waals surface area contributed by atoms with Crippen LogP contribution in [0, 0.1) is 17.8 Å². The fourth-order valence-corrected chi connectivity index (χ4v) is 10.1. The molecule has 0 rings (SSSR count). The molecule has 3 atom stereocenters. The van der Waals surface area contributed by atoms with E-state index in [1.54, 1.807) is 0 Å². The SMILES string of the molecule is C=CCOC(=O)[C@@H](OC(=O)C[C@H](O[Si](C(C)C)(C(C)C)C(C)C)[C@H](C)C(C)C)C(C)C. The summed E-state index contributed by atoms with van der Waals surface area (Å²) < 4.78 is 17.7. The minimum atomic E-state index is -2.18. The molecule has 0 saturated carbocycles. The zero-order valence-electron chi connectivity index (χ0n) is 21.9. The van der Waals surface area contributed by atoms with Gasteiger partial charge in [-0.2, -0.15) is 0 Å². The van der Waals surface area contributed by atoms with Crippen LogP contribution in [0.5, 0.6) is 0 Å². The molecule has 0 aliphatic carbocycles. The van der Waals surface area contributed by atoms with Gasteiger partial charge in [0.2, 0.25) is 14.4 Å². The van der Waals surface area contributed by atoms with Gasteiger partial charge in [0.1, 0.15) is 6.61 Å². The summed E-state index contributed by atoms with van der Waals surface area (Å²) in [7, 11) is -2.18. The maximum atomic E-state index is 13.0. The Morgan fingerprint density at radius 3 is 1.68 bits per heavy atom. The number of rotatable bonds is 14. The molecule has 0 aliphatic rings. The quantitative estimate of drug-likeness (QED) is 0.169. The van der Waals surface area contributed by atoms with E-state index in [1.807, 2.05) is 13.8 Å². The summed E-state index contributed by atoms with van der Waals surface area (Å²) in [5, 5.41) is 0. The molecule has 0 spiro atoms.